The topological polar surface area (TPSA) is 249 Å². The predicted octanol–water partition coefficient (Wildman–Crippen LogP) is 13.2. The molecule has 22 nitrogen and oxygen atoms in total. The number of amides is 8. The third-order valence-electron chi connectivity index (χ3n) is 21.0. The Morgan fingerprint density at radius 3 is 0.903 bits per heavy atom. The summed E-state index contributed by atoms with van der Waals surface area (Å²) in [7, 11) is 7.87. The van der Waals surface area contributed by atoms with E-state index < -0.39 is 23.3 Å². The number of hydrogen-bond acceptors (Lipinski definition) is 14. The minimum Gasteiger partial charge on any atom is -0.481 e. The van der Waals surface area contributed by atoms with E-state index in [2.05, 4.69) is 19.9 Å². The molecule has 0 saturated carbocycles. The van der Waals surface area contributed by atoms with Gasteiger partial charge < -0.3 is 49.7 Å². The molecule has 0 radical (unpaired) electrons. The molecular weight excluding hydrogens is 1470 g/mol. The molecule has 4 fully saturated rings. The van der Waals surface area contributed by atoms with E-state index in [9.17, 15) is 55.9 Å². The zero-order chi connectivity index (χ0) is 81.7. The second-order valence-corrected chi connectivity index (χ2v) is 29.0. The number of rotatable bonds is 25. The van der Waals surface area contributed by atoms with Crippen LogP contribution < -0.4 is 30.1 Å². The number of ether oxygens (including phenoxy) is 1. The van der Waals surface area contributed by atoms with Crippen LogP contribution in [0.5, 0.6) is 5.88 Å². The maximum absolute atomic E-state index is 14.4. The minimum absolute atomic E-state index is 0.0802. The van der Waals surface area contributed by atoms with Crippen LogP contribution in [0.2, 0.25) is 5.15 Å². The first-order valence-electron chi connectivity index (χ1n) is 38.1. The van der Waals surface area contributed by atoms with Crippen LogP contribution >= 0.6 is 11.6 Å². The summed E-state index contributed by atoms with van der Waals surface area (Å²) in [6.07, 6.45) is 12.4. The molecule has 4 aromatic heterocycles. The first kappa shape index (κ1) is 85.8. The highest BCUT2D eigenvalue weighted by Gasteiger charge is 2.36. The number of pyridine rings is 4. The molecule has 27 heteroatoms. The molecule has 2 N–H and O–H groups in total. The Labute approximate surface area is 663 Å². The standard InChI is InChI=1S/C22H26FN3O3.C22H26FN3O2.C21H23ClFN3O2.C21H25FN4O2/c1-4-21(27)25(2)19-8-7-16(11-18(19)23)17-13-26(14-17)22(28)10-6-15-5-9-20(29-3)24-12-15;1-4-21(27)25(3)20-9-8-17(11-19(20)23)18-13-26(14-18)22(28)10-7-16-6-5-15(2)24-12-16;1-3-20(27)25(2)18-7-6-15(10-17(18)23)16-12-26(13-16)21(28)9-5-14-4-8-19(22)24-11-14;1-3-20(27)25(2)18-7-6-15(10-17(18)22)16-12-26(13-16)21(28)9-5-14-4-8-19(23)24-11-14/h5,7-9,11-12,17H,4,6,10,13-14H2,1-3H3;5-6,8-9,11-12,18H,4,7,10,13-14H2,1-3H3;4,6-8,10-11,16H,3,5,9,12-13H2,1-2H3;4,6-8,10-11,16H,3,5,9,12-13H2,1-2H3,(H2,23,24). The Kier molecular flexibility index (Phi) is 30.7. The number of aryl methyl sites for hydroxylation is 5. The van der Waals surface area contributed by atoms with Crippen LogP contribution in [-0.2, 0) is 64.0 Å². The van der Waals surface area contributed by atoms with E-state index in [-0.39, 0.29) is 93.7 Å². The number of carbonyl (C=O) groups excluding carboxylic acids is 8. The number of halogens is 5. The predicted molar refractivity (Wildman–Crippen MR) is 429 cm³/mol. The van der Waals surface area contributed by atoms with Gasteiger partial charge in [-0.2, -0.15) is 0 Å². The lowest BCUT2D eigenvalue weighted by Crippen LogP contribution is -2.48. The zero-order valence-electron chi connectivity index (χ0n) is 65.8. The summed E-state index contributed by atoms with van der Waals surface area (Å²) in [6, 6.07) is 34.6. The number of benzene rings is 4. The molecule has 4 aliphatic rings. The van der Waals surface area contributed by atoms with Gasteiger partial charge >= 0.3 is 0 Å². The highest BCUT2D eigenvalue weighted by Crippen LogP contribution is 2.36. The first-order valence-corrected chi connectivity index (χ1v) is 38.5. The van der Waals surface area contributed by atoms with Gasteiger partial charge in [-0.25, -0.2) is 32.5 Å². The van der Waals surface area contributed by atoms with E-state index in [1.54, 1.807) is 139 Å². The monoisotopic (exact) mass is 1570 g/mol. The average Bonchev–Trinajstić information content (AvgIpc) is 0.809. The van der Waals surface area contributed by atoms with Gasteiger partial charge in [0.15, 0.2) is 0 Å². The summed E-state index contributed by atoms with van der Waals surface area (Å²) in [5, 5.41) is 0.434. The summed E-state index contributed by atoms with van der Waals surface area (Å²) in [5.41, 5.74) is 15.1. The van der Waals surface area contributed by atoms with Crippen molar-refractivity contribution in [2.45, 2.75) is 135 Å². The summed E-state index contributed by atoms with van der Waals surface area (Å²) < 4.78 is 62.7. The molecule has 4 saturated heterocycles. The molecule has 12 rings (SSSR count). The van der Waals surface area contributed by atoms with E-state index in [4.69, 9.17) is 22.1 Å². The minimum atomic E-state index is -0.415. The van der Waals surface area contributed by atoms with Gasteiger partial charge in [-0.1, -0.05) is 87.8 Å². The number of nitrogens with zero attached hydrogens (tertiary/aromatic N) is 12. The highest BCUT2D eigenvalue weighted by atomic mass is 35.5. The van der Waals surface area contributed by atoms with Crippen molar-refractivity contribution in [3.63, 3.8) is 0 Å². The molecule has 113 heavy (non-hydrogen) atoms. The van der Waals surface area contributed by atoms with E-state index in [1.807, 2.05) is 72.6 Å². The van der Waals surface area contributed by atoms with Gasteiger partial charge in [0, 0.05) is 192 Å². The molecule has 4 aliphatic heterocycles. The van der Waals surface area contributed by atoms with Crippen molar-refractivity contribution in [2.24, 2.45) is 0 Å². The van der Waals surface area contributed by atoms with Crippen molar-refractivity contribution in [3.05, 3.63) is 225 Å². The third-order valence-corrected chi connectivity index (χ3v) is 21.2. The highest BCUT2D eigenvalue weighted by molar-refractivity contribution is 6.29. The van der Waals surface area contributed by atoms with Crippen molar-refractivity contribution in [3.8, 4) is 5.88 Å². The van der Waals surface area contributed by atoms with Gasteiger partial charge in [0.25, 0.3) is 0 Å². The van der Waals surface area contributed by atoms with Crippen LogP contribution in [0.15, 0.2) is 146 Å². The molecule has 0 bridgehead atoms. The van der Waals surface area contributed by atoms with Crippen LogP contribution in [0, 0.1) is 30.2 Å². The van der Waals surface area contributed by atoms with Crippen LogP contribution in [0.4, 0.5) is 46.1 Å². The lowest BCUT2D eigenvalue weighted by atomic mass is 9.90. The number of nitrogen functional groups attached to an aromatic ring is 1. The summed E-state index contributed by atoms with van der Waals surface area (Å²) in [5.74, 6) is -0.302. The average molecular weight is 1570 g/mol. The van der Waals surface area contributed by atoms with Crippen molar-refractivity contribution >= 4 is 87.4 Å². The number of anilines is 5. The Balaban J connectivity index is 0.000000173. The van der Waals surface area contributed by atoms with E-state index in [0.29, 0.717) is 146 Å². The maximum atomic E-state index is 14.4. The number of aromatic nitrogens is 4. The second kappa shape index (κ2) is 40.4. The second-order valence-electron chi connectivity index (χ2n) is 28.6. The van der Waals surface area contributed by atoms with Gasteiger partial charge in [-0.3, -0.25) is 43.3 Å². The van der Waals surface area contributed by atoms with E-state index in [1.165, 1.54) is 43.9 Å². The van der Waals surface area contributed by atoms with Crippen molar-refractivity contribution in [1.29, 1.82) is 0 Å². The normalized spacial score (nSPS) is 13.9. The van der Waals surface area contributed by atoms with Gasteiger partial charge in [-0.05, 0) is 144 Å². The fourth-order valence-corrected chi connectivity index (χ4v) is 13.5. The Hall–Kier alpha value is -11.2. The SMILES string of the molecule is CCC(=O)N(C)c1ccc(C2CN(C(=O)CCc3ccc(C)nc3)C2)cc1F.CCC(=O)N(C)c1ccc(C2CN(C(=O)CCc3ccc(Cl)nc3)C2)cc1F.CCC(=O)N(C)c1ccc(C2CN(C(=O)CCc3ccc(N)nc3)C2)cc1F.CCC(=O)N(C)c1ccc(C2CN(C(=O)CCc3ccc(OC)nc3)C2)cc1F. The van der Waals surface area contributed by atoms with Gasteiger partial charge in [0.1, 0.15) is 34.2 Å². The van der Waals surface area contributed by atoms with Crippen LogP contribution in [-0.4, -0.2) is 174 Å². The van der Waals surface area contributed by atoms with Gasteiger partial charge in [0.2, 0.25) is 53.1 Å². The van der Waals surface area contributed by atoms with Crippen molar-refractivity contribution in [1.82, 2.24) is 39.5 Å². The van der Waals surface area contributed by atoms with Gasteiger partial charge in [0.05, 0.1) is 29.9 Å². The molecule has 598 valence electrons. The molecule has 8 amide bonds. The molecule has 4 aromatic carbocycles. The van der Waals surface area contributed by atoms with E-state index >= 15 is 0 Å². The summed E-state index contributed by atoms with van der Waals surface area (Å²) in [4.78, 5) is 125. The first-order chi connectivity index (χ1) is 54.1. The molecule has 8 aromatic rings. The Morgan fingerprint density at radius 2 is 0.673 bits per heavy atom. The number of carbonyl (C=O) groups is 8. The number of hydrogen-bond donors (Lipinski definition) is 1. The zero-order valence-corrected chi connectivity index (χ0v) is 66.6. The van der Waals surface area contributed by atoms with Crippen molar-refractivity contribution in [2.75, 3.05) is 113 Å². The number of nitrogens with two attached hydrogens (primary N) is 1. The van der Waals surface area contributed by atoms with Crippen LogP contribution in [0.1, 0.15) is 153 Å². The Morgan fingerprint density at radius 1 is 0.398 bits per heavy atom. The lowest BCUT2D eigenvalue weighted by Gasteiger charge is -2.40. The van der Waals surface area contributed by atoms with Crippen LogP contribution in [0.25, 0.3) is 0 Å². The van der Waals surface area contributed by atoms with Crippen LogP contribution in [0.3, 0.4) is 0 Å². The van der Waals surface area contributed by atoms with Gasteiger partial charge in [-0.15, -0.1) is 0 Å². The third kappa shape index (κ3) is 23.0. The number of likely N-dealkylation sites (tertiary alicyclic amines) is 4. The fraction of sp³-hybridized carbons (Fsp3) is 0.395. The molecule has 0 unspecified atom stereocenters. The van der Waals surface area contributed by atoms with E-state index in [0.717, 1.165) is 50.2 Å². The fourth-order valence-electron chi connectivity index (χ4n) is 13.4. The maximum Gasteiger partial charge on any atom is 0.226 e. The molecule has 0 atom stereocenters. The molecule has 8 heterocycles. The summed E-state index contributed by atoms with van der Waals surface area (Å²) >= 11 is 5.76. The molecule has 0 aliphatic carbocycles. The molecule has 0 spiro atoms. The number of methoxy groups -OCH3 is 1. The largest absolute Gasteiger partial charge is 0.481 e. The molecular formula is C86H100ClF4N13O9. The lowest BCUT2D eigenvalue weighted by molar-refractivity contribution is -0.136. The summed E-state index contributed by atoms with van der Waals surface area (Å²) in [6.45, 7) is 13.6. The van der Waals surface area contributed by atoms with Crippen molar-refractivity contribution < 1.29 is 60.7 Å². The Bertz CT molecular complexity index is 4290. The quantitative estimate of drug-likeness (QED) is 0.0413. The smallest absolute Gasteiger partial charge is 0.226 e.